The van der Waals surface area contributed by atoms with Gasteiger partial charge in [0.2, 0.25) is 0 Å². The molecule has 2 aromatic carbocycles. The molecule has 0 atom stereocenters. The van der Waals surface area contributed by atoms with Crippen LogP contribution in [-0.4, -0.2) is 23.2 Å². The molecule has 4 aromatic rings. The molecule has 2 N–H and O–H groups in total. The standard InChI is InChI=1S/C23H22ClF2N5O2S2/c1-23(2,3)31-21(13-16(29-31)10-14-4-6-17(24)18(25)11-14)28-15-5-7-20(19(26)12-15)35(32,33)30-22-27-8-9-34-22/h4-9,11-13,28H,10H2,1-3H3,(H,27,30). The number of hydrogen-bond acceptors (Lipinski definition) is 6. The van der Waals surface area contributed by atoms with E-state index in [1.54, 1.807) is 22.2 Å². The number of rotatable bonds is 7. The van der Waals surface area contributed by atoms with Gasteiger partial charge in [0, 0.05) is 29.8 Å². The van der Waals surface area contributed by atoms with E-state index in [0.717, 1.165) is 17.4 Å². The van der Waals surface area contributed by atoms with Crippen molar-refractivity contribution in [2.45, 2.75) is 37.6 Å². The molecule has 0 unspecified atom stereocenters. The molecule has 12 heteroatoms. The van der Waals surface area contributed by atoms with Gasteiger partial charge in [-0.05, 0) is 56.7 Å². The van der Waals surface area contributed by atoms with Crippen molar-refractivity contribution in [2.75, 3.05) is 10.0 Å². The second kappa shape index (κ2) is 9.56. The Morgan fingerprint density at radius 2 is 1.86 bits per heavy atom. The Morgan fingerprint density at radius 3 is 2.49 bits per heavy atom. The first-order chi connectivity index (χ1) is 16.4. The summed E-state index contributed by atoms with van der Waals surface area (Å²) in [5, 5.41) is 9.55. The topological polar surface area (TPSA) is 88.9 Å². The Hall–Kier alpha value is -3.02. The van der Waals surface area contributed by atoms with Crippen molar-refractivity contribution in [1.82, 2.24) is 14.8 Å². The van der Waals surface area contributed by atoms with Crippen LogP contribution in [0.2, 0.25) is 5.02 Å². The minimum atomic E-state index is -4.13. The zero-order chi connectivity index (χ0) is 25.4. The number of halogens is 3. The van der Waals surface area contributed by atoms with Crippen LogP contribution in [0.15, 0.2) is 58.9 Å². The lowest BCUT2D eigenvalue weighted by molar-refractivity contribution is 0.359. The van der Waals surface area contributed by atoms with Crippen molar-refractivity contribution < 1.29 is 17.2 Å². The molecule has 4 rings (SSSR count). The number of thiazole rings is 1. The van der Waals surface area contributed by atoms with Gasteiger partial charge in [-0.3, -0.25) is 4.72 Å². The molecule has 7 nitrogen and oxygen atoms in total. The van der Waals surface area contributed by atoms with E-state index in [-0.39, 0.29) is 10.2 Å². The number of nitrogens with one attached hydrogen (secondary N) is 2. The van der Waals surface area contributed by atoms with E-state index < -0.39 is 32.1 Å². The highest BCUT2D eigenvalue weighted by molar-refractivity contribution is 7.93. The van der Waals surface area contributed by atoms with Gasteiger partial charge < -0.3 is 5.32 Å². The van der Waals surface area contributed by atoms with E-state index in [0.29, 0.717) is 29.2 Å². The minimum absolute atomic E-state index is 0.0469. The van der Waals surface area contributed by atoms with Gasteiger partial charge in [-0.2, -0.15) is 5.10 Å². The lowest BCUT2D eigenvalue weighted by Gasteiger charge is -2.23. The molecule has 35 heavy (non-hydrogen) atoms. The highest BCUT2D eigenvalue weighted by atomic mass is 35.5. The van der Waals surface area contributed by atoms with Crippen molar-refractivity contribution >= 4 is 49.6 Å². The predicted octanol–water partition coefficient (Wildman–Crippen LogP) is 6.16. The highest BCUT2D eigenvalue weighted by Crippen LogP contribution is 2.28. The van der Waals surface area contributed by atoms with Crippen LogP contribution in [0.5, 0.6) is 0 Å². The number of sulfonamides is 1. The van der Waals surface area contributed by atoms with E-state index in [9.17, 15) is 17.2 Å². The maximum Gasteiger partial charge on any atom is 0.266 e. The molecule has 2 aromatic heterocycles. The fraction of sp³-hybridized carbons (Fsp3) is 0.217. The summed E-state index contributed by atoms with van der Waals surface area (Å²) in [6.07, 6.45) is 1.81. The predicted molar refractivity (Wildman–Crippen MR) is 134 cm³/mol. The van der Waals surface area contributed by atoms with Crippen LogP contribution in [-0.2, 0) is 22.0 Å². The van der Waals surface area contributed by atoms with Gasteiger partial charge in [-0.15, -0.1) is 11.3 Å². The van der Waals surface area contributed by atoms with Crippen LogP contribution >= 0.6 is 22.9 Å². The van der Waals surface area contributed by atoms with Gasteiger partial charge in [-0.25, -0.2) is 26.9 Å². The van der Waals surface area contributed by atoms with Gasteiger partial charge in [0.25, 0.3) is 10.0 Å². The largest absolute Gasteiger partial charge is 0.340 e. The summed E-state index contributed by atoms with van der Waals surface area (Å²) >= 11 is 6.86. The zero-order valence-corrected chi connectivity index (χ0v) is 21.4. The molecule has 0 aliphatic rings. The van der Waals surface area contributed by atoms with Gasteiger partial charge >= 0.3 is 0 Å². The van der Waals surface area contributed by atoms with Crippen LogP contribution in [0.3, 0.4) is 0 Å². The average Bonchev–Trinajstić information content (AvgIpc) is 3.40. The third kappa shape index (κ3) is 5.80. The van der Waals surface area contributed by atoms with Crippen LogP contribution in [0.25, 0.3) is 0 Å². The number of hydrogen-bond donors (Lipinski definition) is 2. The Labute approximate surface area is 210 Å². The summed E-state index contributed by atoms with van der Waals surface area (Å²) in [6.45, 7) is 5.87. The fourth-order valence-electron chi connectivity index (χ4n) is 3.36. The number of benzene rings is 2. The molecule has 0 saturated heterocycles. The summed E-state index contributed by atoms with van der Waals surface area (Å²) in [6, 6.07) is 10.1. The first kappa shape index (κ1) is 25.1. The molecule has 2 heterocycles. The van der Waals surface area contributed by atoms with Crippen LogP contribution < -0.4 is 10.0 Å². The van der Waals surface area contributed by atoms with E-state index in [1.807, 2.05) is 20.8 Å². The van der Waals surface area contributed by atoms with E-state index in [2.05, 4.69) is 20.1 Å². The number of nitrogens with zero attached hydrogens (tertiary/aromatic N) is 3. The van der Waals surface area contributed by atoms with E-state index >= 15 is 0 Å². The molecule has 0 radical (unpaired) electrons. The lowest BCUT2D eigenvalue weighted by Crippen LogP contribution is -2.24. The maximum atomic E-state index is 14.8. The van der Waals surface area contributed by atoms with E-state index in [4.69, 9.17) is 11.6 Å². The molecular formula is C23H22ClF2N5O2S2. The lowest BCUT2D eigenvalue weighted by atomic mass is 10.1. The van der Waals surface area contributed by atoms with Gasteiger partial charge in [0.1, 0.15) is 22.3 Å². The summed E-state index contributed by atoms with van der Waals surface area (Å²) in [5.74, 6) is -0.858. The normalized spacial score (nSPS) is 12.1. The summed E-state index contributed by atoms with van der Waals surface area (Å²) in [5.41, 5.74) is 1.28. The Kier molecular flexibility index (Phi) is 6.85. The SMILES string of the molecule is CC(C)(C)n1nc(Cc2ccc(Cl)c(F)c2)cc1Nc1ccc(S(=O)(=O)Nc2nccs2)c(F)c1. The fourth-order valence-corrected chi connectivity index (χ4v) is 5.33. The Morgan fingerprint density at radius 1 is 1.09 bits per heavy atom. The van der Waals surface area contributed by atoms with Crippen LogP contribution in [0.4, 0.5) is 25.4 Å². The van der Waals surface area contributed by atoms with Crippen molar-refractivity contribution in [3.63, 3.8) is 0 Å². The van der Waals surface area contributed by atoms with Crippen LogP contribution in [0.1, 0.15) is 32.0 Å². The quantitative estimate of drug-likeness (QED) is 0.295. The molecular weight excluding hydrogens is 516 g/mol. The molecule has 0 amide bonds. The average molecular weight is 538 g/mol. The molecule has 184 valence electrons. The molecule has 0 fully saturated rings. The molecule has 0 saturated carbocycles. The van der Waals surface area contributed by atoms with Crippen molar-refractivity contribution in [3.8, 4) is 0 Å². The van der Waals surface area contributed by atoms with E-state index in [1.165, 1.54) is 30.5 Å². The zero-order valence-electron chi connectivity index (χ0n) is 19.0. The summed E-state index contributed by atoms with van der Waals surface area (Å²) in [4.78, 5) is 3.37. The van der Waals surface area contributed by atoms with Crippen molar-refractivity contribution in [3.05, 3.63) is 82.0 Å². The molecule has 0 spiro atoms. The minimum Gasteiger partial charge on any atom is -0.340 e. The molecule has 0 bridgehead atoms. The third-order valence-electron chi connectivity index (χ3n) is 4.91. The van der Waals surface area contributed by atoms with Crippen LogP contribution in [0, 0.1) is 11.6 Å². The third-order valence-corrected chi connectivity index (χ3v) is 7.41. The van der Waals surface area contributed by atoms with Gasteiger partial charge in [0.15, 0.2) is 5.13 Å². The molecule has 0 aliphatic heterocycles. The maximum absolute atomic E-state index is 14.8. The second-order valence-corrected chi connectivity index (χ2v) is 11.7. The second-order valence-electron chi connectivity index (χ2n) is 8.74. The van der Waals surface area contributed by atoms with Gasteiger partial charge in [-0.1, -0.05) is 17.7 Å². The number of aromatic nitrogens is 3. The molecule has 0 aliphatic carbocycles. The highest BCUT2D eigenvalue weighted by Gasteiger charge is 2.23. The summed E-state index contributed by atoms with van der Waals surface area (Å²) in [7, 11) is -4.13. The van der Waals surface area contributed by atoms with Crippen molar-refractivity contribution in [2.24, 2.45) is 0 Å². The monoisotopic (exact) mass is 537 g/mol. The first-order valence-electron chi connectivity index (χ1n) is 10.4. The summed E-state index contributed by atoms with van der Waals surface area (Å²) < 4.78 is 57.8. The number of anilines is 3. The van der Waals surface area contributed by atoms with Gasteiger partial charge in [0.05, 0.1) is 16.3 Å². The Balaban J connectivity index is 1.60. The first-order valence-corrected chi connectivity index (χ1v) is 13.2. The Bertz CT molecular complexity index is 1470. The smallest absolute Gasteiger partial charge is 0.266 e. The van der Waals surface area contributed by atoms with Crippen molar-refractivity contribution in [1.29, 1.82) is 0 Å².